The van der Waals surface area contributed by atoms with E-state index in [0.717, 1.165) is 23.9 Å². The van der Waals surface area contributed by atoms with E-state index in [0.29, 0.717) is 69.1 Å². The summed E-state index contributed by atoms with van der Waals surface area (Å²) in [6.07, 6.45) is 9.38. The van der Waals surface area contributed by atoms with Gasteiger partial charge in [-0.25, -0.2) is 4.98 Å². The molecule has 1 saturated heterocycles. The van der Waals surface area contributed by atoms with Gasteiger partial charge in [-0.2, -0.15) is 0 Å². The van der Waals surface area contributed by atoms with E-state index in [4.69, 9.17) is 9.15 Å². The summed E-state index contributed by atoms with van der Waals surface area (Å²) < 4.78 is 11.4. The molecule has 2 atom stereocenters. The first-order valence-corrected chi connectivity index (χ1v) is 14.8. The number of aromatic hydroxyl groups is 1. The number of ether oxygens (including phenoxy) is 1. The van der Waals surface area contributed by atoms with Crippen molar-refractivity contribution in [2.75, 3.05) is 13.2 Å². The average Bonchev–Trinajstić information content (AvgIpc) is 3.39. The second-order valence-electron chi connectivity index (χ2n) is 11.3. The Hall–Kier alpha value is -3.39. The van der Waals surface area contributed by atoms with Gasteiger partial charge in [0.25, 0.3) is 0 Å². The summed E-state index contributed by atoms with van der Waals surface area (Å²) in [7, 11) is 0. The van der Waals surface area contributed by atoms with E-state index in [1.807, 2.05) is 36.4 Å². The zero-order chi connectivity index (χ0) is 27.7. The number of hydrogen-bond acceptors (Lipinski definition) is 6. The van der Waals surface area contributed by atoms with Crippen LogP contribution >= 0.6 is 0 Å². The number of amides is 2. The summed E-state index contributed by atoms with van der Waals surface area (Å²) in [4.78, 5) is 31.6. The largest absolute Gasteiger partial charge is 0.508 e. The number of oxazole rings is 1. The molecule has 3 aromatic rings. The van der Waals surface area contributed by atoms with Crippen LogP contribution in [0, 0.1) is 11.8 Å². The Morgan fingerprint density at radius 3 is 2.48 bits per heavy atom. The van der Waals surface area contributed by atoms with Crippen LogP contribution in [0.1, 0.15) is 69.2 Å². The fraction of sp³-hybridized carbons (Fsp3) is 0.531. The van der Waals surface area contributed by atoms with E-state index >= 15 is 0 Å². The van der Waals surface area contributed by atoms with Gasteiger partial charge in [-0.1, -0.05) is 62.4 Å². The molecule has 2 aliphatic rings. The smallest absolute Gasteiger partial charge is 0.242 e. The number of benzene rings is 2. The third-order valence-electron chi connectivity index (χ3n) is 8.38. The Labute approximate surface area is 235 Å². The number of fused-ring (bicyclic) bond motifs is 1. The van der Waals surface area contributed by atoms with Crippen molar-refractivity contribution in [2.24, 2.45) is 11.8 Å². The Balaban J connectivity index is 1.31. The number of hydrogen-bond donors (Lipinski definition) is 3. The van der Waals surface area contributed by atoms with E-state index in [-0.39, 0.29) is 29.5 Å². The number of phenolic OH excluding ortho intramolecular Hbond substituents is 1. The maximum atomic E-state index is 13.8. The summed E-state index contributed by atoms with van der Waals surface area (Å²) in [5.74, 6) is 0.892. The Kier molecular flexibility index (Phi) is 9.71. The number of nitrogens with zero attached hydrogens (tertiary/aromatic N) is 1. The Bertz CT molecular complexity index is 1230. The Morgan fingerprint density at radius 1 is 0.950 bits per heavy atom. The van der Waals surface area contributed by atoms with Crippen molar-refractivity contribution in [3.05, 3.63) is 60.0 Å². The lowest BCUT2D eigenvalue weighted by Gasteiger charge is -2.30. The summed E-state index contributed by atoms with van der Waals surface area (Å²) in [6, 6.07) is 14.0. The monoisotopic (exact) mass is 547 g/mol. The summed E-state index contributed by atoms with van der Waals surface area (Å²) in [5.41, 5.74) is 2.32. The highest BCUT2D eigenvalue weighted by molar-refractivity contribution is 5.88. The molecule has 2 heterocycles. The summed E-state index contributed by atoms with van der Waals surface area (Å²) in [5, 5.41) is 16.7. The second kappa shape index (κ2) is 13.8. The molecule has 1 aliphatic heterocycles. The van der Waals surface area contributed by atoms with Gasteiger partial charge in [0.2, 0.25) is 11.8 Å². The van der Waals surface area contributed by atoms with Gasteiger partial charge in [0.1, 0.15) is 17.3 Å². The van der Waals surface area contributed by atoms with Crippen molar-refractivity contribution in [1.29, 1.82) is 0 Å². The molecule has 2 amide bonds. The standard InChI is InChI=1S/C32H41N3O5/c36-28-12-6-4-10-23(28)14-15-25(21-30-34-26-11-5-7-13-29(26)40-30)33-32(38)27(20-22-8-2-1-3-9-22)35-31(37)24-16-18-39-19-17-24/h4-7,10-13,22,24-25,27,36H,1-3,8-9,14-21H2,(H,33,38)(H,35,37)/t25?,27-/m0/s1. The van der Waals surface area contributed by atoms with Crippen LogP contribution in [0.2, 0.25) is 0 Å². The first-order valence-electron chi connectivity index (χ1n) is 14.8. The molecule has 40 heavy (non-hydrogen) atoms. The highest BCUT2D eigenvalue weighted by Crippen LogP contribution is 2.28. The van der Waals surface area contributed by atoms with Crippen LogP contribution in [0.5, 0.6) is 5.75 Å². The fourth-order valence-corrected chi connectivity index (χ4v) is 6.03. The van der Waals surface area contributed by atoms with E-state index < -0.39 is 6.04 Å². The number of para-hydroxylation sites is 3. The first kappa shape index (κ1) is 28.1. The third-order valence-corrected chi connectivity index (χ3v) is 8.38. The Morgan fingerprint density at radius 2 is 1.70 bits per heavy atom. The van der Waals surface area contributed by atoms with Crippen molar-refractivity contribution in [3.63, 3.8) is 0 Å². The van der Waals surface area contributed by atoms with Gasteiger partial charge in [0.15, 0.2) is 11.5 Å². The number of phenols is 1. The zero-order valence-corrected chi connectivity index (χ0v) is 23.1. The van der Waals surface area contributed by atoms with E-state index in [2.05, 4.69) is 15.6 Å². The molecule has 214 valence electrons. The number of aryl methyl sites for hydroxylation is 1. The van der Waals surface area contributed by atoms with E-state index in [1.165, 1.54) is 19.3 Å². The topological polar surface area (TPSA) is 114 Å². The van der Waals surface area contributed by atoms with Gasteiger partial charge < -0.3 is 24.9 Å². The second-order valence-corrected chi connectivity index (χ2v) is 11.3. The van der Waals surface area contributed by atoms with Crippen molar-refractivity contribution in [1.82, 2.24) is 15.6 Å². The van der Waals surface area contributed by atoms with Crippen molar-refractivity contribution in [3.8, 4) is 5.75 Å². The van der Waals surface area contributed by atoms with Crippen LogP contribution in [-0.4, -0.2) is 47.2 Å². The number of aromatic nitrogens is 1. The number of rotatable bonds is 11. The summed E-state index contributed by atoms with van der Waals surface area (Å²) >= 11 is 0. The quantitative estimate of drug-likeness (QED) is 0.309. The molecular formula is C32H41N3O5. The van der Waals surface area contributed by atoms with Crippen LogP contribution < -0.4 is 10.6 Å². The predicted octanol–water partition coefficient (Wildman–Crippen LogP) is 5.08. The molecule has 0 spiro atoms. The fourth-order valence-electron chi connectivity index (χ4n) is 6.03. The van der Waals surface area contributed by atoms with E-state index in [1.54, 1.807) is 12.1 Å². The highest BCUT2D eigenvalue weighted by Gasteiger charge is 2.31. The molecule has 2 fully saturated rings. The van der Waals surface area contributed by atoms with Crippen LogP contribution in [-0.2, 0) is 27.2 Å². The van der Waals surface area contributed by atoms with Crippen molar-refractivity contribution in [2.45, 2.75) is 82.7 Å². The minimum Gasteiger partial charge on any atom is -0.508 e. The molecule has 1 aromatic heterocycles. The molecule has 8 heteroatoms. The van der Waals surface area contributed by atoms with Crippen molar-refractivity contribution < 1.29 is 23.8 Å². The average molecular weight is 548 g/mol. The number of nitrogens with one attached hydrogen (secondary N) is 2. The molecule has 0 radical (unpaired) electrons. The molecule has 3 N–H and O–H groups in total. The third kappa shape index (κ3) is 7.62. The van der Waals surface area contributed by atoms with Gasteiger partial charge >= 0.3 is 0 Å². The SMILES string of the molecule is O=C(N[C@@H](CC1CCCCC1)C(=O)NC(CCc1ccccc1O)Cc1nc2ccccc2o1)C1CCOCC1. The normalized spacial score (nSPS) is 18.3. The number of carbonyl (C=O) groups is 2. The minimum atomic E-state index is -0.588. The van der Waals surface area contributed by atoms with Gasteiger partial charge in [-0.3, -0.25) is 9.59 Å². The molecule has 0 bridgehead atoms. The summed E-state index contributed by atoms with van der Waals surface area (Å²) in [6.45, 7) is 1.16. The molecule has 5 rings (SSSR count). The lowest BCUT2D eigenvalue weighted by atomic mass is 9.84. The van der Waals surface area contributed by atoms with Crippen LogP contribution in [0.25, 0.3) is 11.1 Å². The van der Waals surface area contributed by atoms with Gasteiger partial charge in [0.05, 0.1) is 0 Å². The zero-order valence-electron chi connectivity index (χ0n) is 23.1. The molecular weight excluding hydrogens is 506 g/mol. The van der Waals surface area contributed by atoms with Gasteiger partial charge in [-0.05, 0) is 61.8 Å². The lowest BCUT2D eigenvalue weighted by molar-refractivity contribution is -0.133. The first-order chi connectivity index (χ1) is 19.5. The van der Waals surface area contributed by atoms with E-state index in [9.17, 15) is 14.7 Å². The van der Waals surface area contributed by atoms with Crippen LogP contribution in [0.4, 0.5) is 0 Å². The molecule has 1 saturated carbocycles. The lowest BCUT2D eigenvalue weighted by Crippen LogP contribution is -2.52. The minimum absolute atomic E-state index is 0.0519. The van der Waals surface area contributed by atoms with Gasteiger partial charge in [0, 0.05) is 31.6 Å². The molecule has 1 unspecified atom stereocenters. The van der Waals surface area contributed by atoms with Gasteiger partial charge in [-0.15, -0.1) is 0 Å². The highest BCUT2D eigenvalue weighted by atomic mass is 16.5. The van der Waals surface area contributed by atoms with Crippen LogP contribution in [0.3, 0.4) is 0 Å². The molecule has 1 aliphatic carbocycles. The molecule has 2 aromatic carbocycles. The molecule has 8 nitrogen and oxygen atoms in total. The van der Waals surface area contributed by atoms with Crippen LogP contribution in [0.15, 0.2) is 52.9 Å². The maximum absolute atomic E-state index is 13.8. The van der Waals surface area contributed by atoms with Crippen molar-refractivity contribution >= 4 is 22.9 Å². The maximum Gasteiger partial charge on any atom is 0.242 e. The number of carbonyl (C=O) groups excluding carboxylic acids is 2. The predicted molar refractivity (Wildman–Crippen MR) is 153 cm³/mol.